The van der Waals surface area contributed by atoms with Crippen molar-refractivity contribution in [2.24, 2.45) is 5.92 Å². The summed E-state index contributed by atoms with van der Waals surface area (Å²) in [5.41, 5.74) is 2.97. The van der Waals surface area contributed by atoms with E-state index in [-0.39, 0.29) is 0 Å². The summed E-state index contributed by atoms with van der Waals surface area (Å²) in [6, 6.07) is 8.89. The molecule has 1 fully saturated rings. The van der Waals surface area contributed by atoms with Crippen molar-refractivity contribution in [3.63, 3.8) is 0 Å². The molecule has 1 saturated heterocycles. The fraction of sp³-hybridized carbons (Fsp3) is 0.647. The van der Waals surface area contributed by atoms with Crippen LogP contribution in [-0.2, 0) is 13.1 Å². The van der Waals surface area contributed by atoms with Gasteiger partial charge in [0.2, 0.25) is 0 Å². The minimum absolute atomic E-state index is 0.915. The number of likely N-dealkylation sites (tertiary alicyclic amines) is 1. The average molecular weight is 260 g/mol. The highest BCUT2D eigenvalue weighted by Crippen LogP contribution is 2.19. The van der Waals surface area contributed by atoms with Crippen molar-refractivity contribution >= 4 is 0 Å². The molecule has 1 N–H and O–H groups in total. The molecule has 2 rings (SSSR count). The molecular formula is C17H28N2. The summed E-state index contributed by atoms with van der Waals surface area (Å²) in [6.45, 7) is 10.4. The Labute approximate surface area is 118 Å². The van der Waals surface area contributed by atoms with Gasteiger partial charge in [-0.2, -0.15) is 0 Å². The van der Waals surface area contributed by atoms with Gasteiger partial charge in [-0.15, -0.1) is 0 Å². The maximum atomic E-state index is 3.52. The molecule has 2 nitrogen and oxygen atoms in total. The van der Waals surface area contributed by atoms with E-state index < -0.39 is 0 Å². The van der Waals surface area contributed by atoms with E-state index in [4.69, 9.17) is 0 Å². The van der Waals surface area contributed by atoms with Crippen molar-refractivity contribution in [3.05, 3.63) is 35.4 Å². The third kappa shape index (κ3) is 4.63. The van der Waals surface area contributed by atoms with E-state index in [2.05, 4.69) is 48.3 Å². The molecule has 1 aromatic rings. The number of piperidine rings is 1. The van der Waals surface area contributed by atoms with Crippen LogP contribution >= 0.6 is 0 Å². The van der Waals surface area contributed by atoms with Gasteiger partial charge in [0.15, 0.2) is 0 Å². The lowest BCUT2D eigenvalue weighted by Gasteiger charge is -2.30. The Kier molecular flexibility index (Phi) is 5.87. The van der Waals surface area contributed by atoms with E-state index in [0.29, 0.717) is 0 Å². The molecule has 1 aliphatic rings. The quantitative estimate of drug-likeness (QED) is 0.788. The first-order valence-electron chi connectivity index (χ1n) is 7.79. The Morgan fingerprint density at radius 3 is 2.53 bits per heavy atom. The minimum Gasteiger partial charge on any atom is -0.313 e. The highest BCUT2D eigenvalue weighted by Gasteiger charge is 2.16. The molecule has 0 atom stereocenters. The third-order valence-corrected chi connectivity index (χ3v) is 4.13. The van der Waals surface area contributed by atoms with Crippen LogP contribution in [0, 0.1) is 5.92 Å². The van der Waals surface area contributed by atoms with Crippen molar-refractivity contribution in [1.29, 1.82) is 0 Å². The molecule has 0 aromatic heterocycles. The summed E-state index contributed by atoms with van der Waals surface area (Å²) in [4.78, 5) is 2.61. The molecule has 1 aliphatic heterocycles. The van der Waals surface area contributed by atoms with E-state index in [9.17, 15) is 0 Å². The molecule has 106 valence electrons. The van der Waals surface area contributed by atoms with Crippen LogP contribution in [0.1, 0.15) is 44.2 Å². The van der Waals surface area contributed by atoms with Gasteiger partial charge in [0, 0.05) is 13.1 Å². The Bertz CT molecular complexity index is 367. The first-order chi connectivity index (χ1) is 9.29. The van der Waals surface area contributed by atoms with Gasteiger partial charge in [-0.1, -0.05) is 38.1 Å². The van der Waals surface area contributed by atoms with E-state index >= 15 is 0 Å². The third-order valence-electron chi connectivity index (χ3n) is 4.13. The summed E-state index contributed by atoms with van der Waals surface area (Å²) in [5.74, 6) is 0.915. The molecule has 0 spiro atoms. The van der Waals surface area contributed by atoms with Crippen LogP contribution in [0.25, 0.3) is 0 Å². The maximum Gasteiger partial charge on any atom is 0.0236 e. The highest BCUT2D eigenvalue weighted by molar-refractivity contribution is 5.27. The fourth-order valence-corrected chi connectivity index (χ4v) is 2.75. The van der Waals surface area contributed by atoms with Crippen molar-refractivity contribution in [2.75, 3.05) is 19.6 Å². The number of nitrogens with zero attached hydrogens (tertiary/aromatic N) is 1. The number of rotatable bonds is 6. The van der Waals surface area contributed by atoms with E-state index in [1.54, 1.807) is 0 Å². The normalized spacial score (nSPS) is 17.8. The van der Waals surface area contributed by atoms with Gasteiger partial charge in [-0.25, -0.2) is 0 Å². The largest absolute Gasteiger partial charge is 0.313 e. The van der Waals surface area contributed by atoms with Crippen LogP contribution in [0.4, 0.5) is 0 Å². The molecule has 0 amide bonds. The molecule has 0 aliphatic carbocycles. The second-order valence-electron chi connectivity index (χ2n) is 5.90. The number of hydrogen-bond acceptors (Lipinski definition) is 2. The predicted molar refractivity (Wildman–Crippen MR) is 82.1 cm³/mol. The molecule has 1 heterocycles. The second-order valence-corrected chi connectivity index (χ2v) is 5.90. The molecule has 2 heteroatoms. The summed E-state index contributed by atoms with van der Waals surface area (Å²) >= 11 is 0. The lowest BCUT2D eigenvalue weighted by Crippen LogP contribution is -2.32. The van der Waals surface area contributed by atoms with Crippen LogP contribution in [0.2, 0.25) is 0 Å². The van der Waals surface area contributed by atoms with Gasteiger partial charge in [-0.05, 0) is 55.9 Å². The average Bonchev–Trinajstić information content (AvgIpc) is 2.43. The van der Waals surface area contributed by atoms with E-state index in [1.807, 2.05) is 0 Å². The standard InChI is InChI=1S/C17H28N2/c1-3-10-18-13-16-6-4-5-7-17(16)14-19-11-8-15(2)9-12-19/h4-7,15,18H,3,8-14H2,1-2H3. The predicted octanol–water partition coefficient (Wildman–Crippen LogP) is 3.42. The second kappa shape index (κ2) is 7.66. The monoisotopic (exact) mass is 260 g/mol. The Balaban J connectivity index is 1.91. The van der Waals surface area contributed by atoms with Crippen LogP contribution in [0.5, 0.6) is 0 Å². The first-order valence-corrected chi connectivity index (χ1v) is 7.79. The Morgan fingerprint density at radius 2 is 1.84 bits per heavy atom. The number of hydrogen-bond donors (Lipinski definition) is 1. The molecule has 0 saturated carbocycles. The molecule has 1 aromatic carbocycles. The summed E-state index contributed by atoms with van der Waals surface area (Å²) in [5, 5.41) is 3.52. The SMILES string of the molecule is CCCNCc1ccccc1CN1CCC(C)CC1. The zero-order valence-corrected chi connectivity index (χ0v) is 12.5. The molecule has 19 heavy (non-hydrogen) atoms. The van der Waals surface area contributed by atoms with Crippen molar-refractivity contribution in [1.82, 2.24) is 10.2 Å². The lowest BCUT2D eigenvalue weighted by atomic mass is 9.98. The first kappa shape index (κ1) is 14.5. The van der Waals surface area contributed by atoms with E-state index in [1.165, 1.54) is 43.5 Å². The zero-order chi connectivity index (χ0) is 13.5. The van der Waals surface area contributed by atoms with Crippen molar-refractivity contribution in [3.8, 4) is 0 Å². The van der Waals surface area contributed by atoms with Crippen LogP contribution in [0.15, 0.2) is 24.3 Å². The van der Waals surface area contributed by atoms with Crippen molar-refractivity contribution in [2.45, 2.75) is 46.2 Å². The molecule has 0 bridgehead atoms. The molecule has 0 unspecified atom stereocenters. The van der Waals surface area contributed by atoms with Crippen molar-refractivity contribution < 1.29 is 0 Å². The minimum atomic E-state index is 0.915. The van der Waals surface area contributed by atoms with Crippen LogP contribution in [0.3, 0.4) is 0 Å². The van der Waals surface area contributed by atoms with Gasteiger partial charge >= 0.3 is 0 Å². The van der Waals surface area contributed by atoms with Gasteiger partial charge < -0.3 is 5.32 Å². The van der Waals surface area contributed by atoms with Gasteiger partial charge in [0.1, 0.15) is 0 Å². The lowest BCUT2D eigenvalue weighted by molar-refractivity contribution is 0.185. The Hall–Kier alpha value is -0.860. The summed E-state index contributed by atoms with van der Waals surface area (Å²) in [7, 11) is 0. The summed E-state index contributed by atoms with van der Waals surface area (Å²) < 4.78 is 0. The molecular weight excluding hydrogens is 232 g/mol. The molecule has 0 radical (unpaired) electrons. The van der Waals surface area contributed by atoms with Gasteiger partial charge in [0.25, 0.3) is 0 Å². The Morgan fingerprint density at radius 1 is 1.16 bits per heavy atom. The highest BCUT2D eigenvalue weighted by atomic mass is 15.1. The fourth-order valence-electron chi connectivity index (χ4n) is 2.75. The number of nitrogens with one attached hydrogen (secondary N) is 1. The maximum absolute atomic E-state index is 3.52. The summed E-state index contributed by atoms with van der Waals surface area (Å²) in [6.07, 6.45) is 3.92. The van der Waals surface area contributed by atoms with Gasteiger partial charge in [0.05, 0.1) is 0 Å². The van der Waals surface area contributed by atoms with E-state index in [0.717, 1.165) is 25.6 Å². The zero-order valence-electron chi connectivity index (χ0n) is 12.5. The topological polar surface area (TPSA) is 15.3 Å². The van der Waals surface area contributed by atoms with Crippen LogP contribution < -0.4 is 5.32 Å². The van der Waals surface area contributed by atoms with Crippen LogP contribution in [-0.4, -0.2) is 24.5 Å². The number of benzene rings is 1. The van der Waals surface area contributed by atoms with Gasteiger partial charge in [-0.3, -0.25) is 4.90 Å². The smallest absolute Gasteiger partial charge is 0.0236 e.